The molecule has 3 heteroatoms. The molecule has 86 valence electrons. The second-order valence-corrected chi connectivity index (χ2v) is 4.24. The Morgan fingerprint density at radius 2 is 2.40 bits per heavy atom. The lowest BCUT2D eigenvalue weighted by atomic mass is 9.92. The van der Waals surface area contributed by atoms with E-state index < -0.39 is 0 Å². The lowest BCUT2D eigenvalue weighted by Gasteiger charge is -2.31. The molecule has 0 aliphatic carbocycles. The summed E-state index contributed by atoms with van der Waals surface area (Å²) in [7, 11) is 0. The molecule has 15 heavy (non-hydrogen) atoms. The van der Waals surface area contributed by atoms with E-state index in [1.807, 2.05) is 11.8 Å². The standard InChI is InChI=1S/C12H22N2O/c1-4-8-14(5-2)12(15)11-6-7-13-10(3)9-11/h4,10-11,13H,1,5-9H2,2-3H3. The van der Waals surface area contributed by atoms with Crippen LogP contribution in [0.25, 0.3) is 0 Å². The molecule has 1 rings (SSSR count). The molecule has 0 radical (unpaired) electrons. The van der Waals surface area contributed by atoms with Crippen LogP contribution >= 0.6 is 0 Å². The number of likely N-dealkylation sites (N-methyl/N-ethyl adjacent to an activating group) is 1. The molecule has 0 aromatic heterocycles. The molecule has 1 aliphatic rings. The van der Waals surface area contributed by atoms with Gasteiger partial charge in [0.1, 0.15) is 0 Å². The highest BCUT2D eigenvalue weighted by Crippen LogP contribution is 2.18. The van der Waals surface area contributed by atoms with Crippen molar-refractivity contribution in [1.29, 1.82) is 0 Å². The first-order valence-electron chi connectivity index (χ1n) is 5.82. The summed E-state index contributed by atoms with van der Waals surface area (Å²) in [6.07, 6.45) is 3.73. The summed E-state index contributed by atoms with van der Waals surface area (Å²) in [6.45, 7) is 10.3. The Hall–Kier alpha value is -0.830. The third kappa shape index (κ3) is 3.34. The molecule has 1 saturated heterocycles. The third-order valence-electron chi connectivity index (χ3n) is 3.02. The Labute approximate surface area is 92.5 Å². The van der Waals surface area contributed by atoms with Gasteiger partial charge < -0.3 is 10.2 Å². The van der Waals surface area contributed by atoms with Crippen molar-refractivity contribution in [3.63, 3.8) is 0 Å². The van der Waals surface area contributed by atoms with Gasteiger partial charge in [-0.3, -0.25) is 4.79 Å². The molecule has 3 nitrogen and oxygen atoms in total. The summed E-state index contributed by atoms with van der Waals surface area (Å²) in [5.41, 5.74) is 0. The van der Waals surface area contributed by atoms with Gasteiger partial charge >= 0.3 is 0 Å². The van der Waals surface area contributed by atoms with Crippen LogP contribution in [0.2, 0.25) is 0 Å². The van der Waals surface area contributed by atoms with Gasteiger partial charge in [-0.2, -0.15) is 0 Å². The Kier molecular flexibility index (Phi) is 4.82. The molecule has 1 amide bonds. The van der Waals surface area contributed by atoms with E-state index in [-0.39, 0.29) is 5.92 Å². The number of hydrogen-bond donors (Lipinski definition) is 1. The highest BCUT2D eigenvalue weighted by atomic mass is 16.2. The third-order valence-corrected chi connectivity index (χ3v) is 3.02. The van der Waals surface area contributed by atoms with Gasteiger partial charge in [-0.05, 0) is 33.2 Å². The van der Waals surface area contributed by atoms with Gasteiger partial charge in [-0.25, -0.2) is 0 Å². The summed E-state index contributed by atoms with van der Waals surface area (Å²) >= 11 is 0. The number of rotatable bonds is 4. The number of carbonyl (C=O) groups is 1. The first-order valence-corrected chi connectivity index (χ1v) is 5.82. The number of hydrogen-bond acceptors (Lipinski definition) is 2. The zero-order valence-corrected chi connectivity index (χ0v) is 9.83. The van der Waals surface area contributed by atoms with Crippen LogP contribution in [0, 0.1) is 5.92 Å². The summed E-state index contributed by atoms with van der Waals surface area (Å²) in [5, 5.41) is 3.36. The second kappa shape index (κ2) is 5.91. The highest BCUT2D eigenvalue weighted by Gasteiger charge is 2.27. The average molecular weight is 210 g/mol. The molecule has 0 aromatic carbocycles. The molecule has 0 aromatic rings. The number of nitrogens with zero attached hydrogens (tertiary/aromatic N) is 1. The van der Waals surface area contributed by atoms with E-state index in [1.54, 1.807) is 6.08 Å². The van der Waals surface area contributed by atoms with E-state index in [2.05, 4.69) is 18.8 Å². The van der Waals surface area contributed by atoms with E-state index in [9.17, 15) is 4.79 Å². The van der Waals surface area contributed by atoms with Crippen LogP contribution in [0.4, 0.5) is 0 Å². The minimum Gasteiger partial charge on any atom is -0.339 e. The summed E-state index contributed by atoms with van der Waals surface area (Å²) < 4.78 is 0. The fourth-order valence-electron chi connectivity index (χ4n) is 2.15. The molecule has 1 fully saturated rings. The highest BCUT2D eigenvalue weighted by molar-refractivity contribution is 5.79. The predicted octanol–water partition coefficient (Wildman–Crippen LogP) is 1.41. The fraction of sp³-hybridized carbons (Fsp3) is 0.750. The van der Waals surface area contributed by atoms with E-state index in [1.165, 1.54) is 0 Å². The zero-order valence-electron chi connectivity index (χ0n) is 9.83. The monoisotopic (exact) mass is 210 g/mol. The summed E-state index contributed by atoms with van der Waals surface area (Å²) in [5.74, 6) is 0.506. The van der Waals surface area contributed by atoms with Crippen LogP contribution in [-0.2, 0) is 4.79 Å². The Morgan fingerprint density at radius 1 is 1.67 bits per heavy atom. The van der Waals surface area contributed by atoms with Gasteiger partial charge in [-0.1, -0.05) is 6.08 Å². The van der Waals surface area contributed by atoms with Crippen molar-refractivity contribution >= 4 is 5.91 Å². The lowest BCUT2D eigenvalue weighted by molar-refractivity contribution is -0.135. The number of nitrogens with one attached hydrogen (secondary N) is 1. The van der Waals surface area contributed by atoms with Crippen LogP contribution in [0.5, 0.6) is 0 Å². The lowest BCUT2D eigenvalue weighted by Crippen LogP contribution is -2.44. The maximum atomic E-state index is 12.1. The van der Waals surface area contributed by atoms with Crippen LogP contribution in [0.1, 0.15) is 26.7 Å². The van der Waals surface area contributed by atoms with Crippen molar-refractivity contribution in [2.24, 2.45) is 5.92 Å². The van der Waals surface area contributed by atoms with Gasteiger partial charge in [0.2, 0.25) is 5.91 Å². The van der Waals surface area contributed by atoms with Gasteiger partial charge in [0.15, 0.2) is 0 Å². The first-order chi connectivity index (χ1) is 7.19. The van der Waals surface area contributed by atoms with E-state index in [4.69, 9.17) is 0 Å². The Morgan fingerprint density at radius 3 is 2.93 bits per heavy atom. The molecular weight excluding hydrogens is 188 g/mol. The van der Waals surface area contributed by atoms with E-state index in [0.29, 0.717) is 18.5 Å². The van der Waals surface area contributed by atoms with Gasteiger partial charge in [0.25, 0.3) is 0 Å². The molecular formula is C12H22N2O. The Balaban J connectivity index is 2.53. The maximum absolute atomic E-state index is 12.1. The summed E-state index contributed by atoms with van der Waals surface area (Å²) in [4.78, 5) is 14.0. The van der Waals surface area contributed by atoms with E-state index in [0.717, 1.165) is 25.9 Å². The number of amides is 1. The maximum Gasteiger partial charge on any atom is 0.226 e. The minimum atomic E-state index is 0.209. The first kappa shape index (κ1) is 12.2. The quantitative estimate of drug-likeness (QED) is 0.712. The van der Waals surface area contributed by atoms with Gasteiger partial charge in [0, 0.05) is 25.0 Å². The predicted molar refractivity (Wildman–Crippen MR) is 62.6 cm³/mol. The van der Waals surface area contributed by atoms with Crippen LogP contribution < -0.4 is 5.32 Å². The number of carbonyl (C=O) groups excluding carboxylic acids is 1. The molecule has 2 atom stereocenters. The molecule has 2 unspecified atom stereocenters. The van der Waals surface area contributed by atoms with Crippen molar-refractivity contribution < 1.29 is 4.79 Å². The summed E-state index contributed by atoms with van der Waals surface area (Å²) in [6, 6.07) is 0.468. The van der Waals surface area contributed by atoms with Crippen molar-refractivity contribution in [2.45, 2.75) is 32.7 Å². The normalized spacial score (nSPS) is 26.0. The van der Waals surface area contributed by atoms with Crippen molar-refractivity contribution in [2.75, 3.05) is 19.6 Å². The molecule has 0 saturated carbocycles. The fourth-order valence-corrected chi connectivity index (χ4v) is 2.15. The number of piperidine rings is 1. The molecule has 1 aliphatic heterocycles. The van der Waals surface area contributed by atoms with Crippen LogP contribution in [-0.4, -0.2) is 36.5 Å². The van der Waals surface area contributed by atoms with Crippen LogP contribution in [0.3, 0.4) is 0 Å². The molecule has 1 N–H and O–H groups in total. The van der Waals surface area contributed by atoms with Crippen molar-refractivity contribution in [3.05, 3.63) is 12.7 Å². The molecule has 0 bridgehead atoms. The smallest absolute Gasteiger partial charge is 0.226 e. The second-order valence-electron chi connectivity index (χ2n) is 4.24. The average Bonchev–Trinajstić information content (AvgIpc) is 2.25. The van der Waals surface area contributed by atoms with Crippen molar-refractivity contribution in [1.82, 2.24) is 10.2 Å². The zero-order chi connectivity index (χ0) is 11.3. The topological polar surface area (TPSA) is 32.3 Å². The Bertz CT molecular complexity index is 228. The van der Waals surface area contributed by atoms with E-state index >= 15 is 0 Å². The molecule has 1 heterocycles. The van der Waals surface area contributed by atoms with Gasteiger partial charge in [-0.15, -0.1) is 6.58 Å². The van der Waals surface area contributed by atoms with Crippen molar-refractivity contribution in [3.8, 4) is 0 Å². The van der Waals surface area contributed by atoms with Gasteiger partial charge in [0.05, 0.1) is 0 Å². The van der Waals surface area contributed by atoms with Crippen LogP contribution in [0.15, 0.2) is 12.7 Å². The SMILES string of the molecule is C=CCN(CC)C(=O)C1CCNC(C)C1. The molecule has 0 spiro atoms. The largest absolute Gasteiger partial charge is 0.339 e. The minimum absolute atomic E-state index is 0.209.